The molecule has 0 aromatic heterocycles. The van der Waals surface area contributed by atoms with E-state index >= 15 is 0 Å². The predicted octanol–water partition coefficient (Wildman–Crippen LogP) is 6.49. The van der Waals surface area contributed by atoms with Gasteiger partial charge in [0, 0.05) is 13.1 Å². The molecule has 0 aliphatic carbocycles. The van der Waals surface area contributed by atoms with Crippen molar-refractivity contribution in [3.8, 4) is 5.75 Å². The number of carbonyl (C=O) groups is 3. The maximum Gasteiger partial charge on any atom is 0.408 e. The van der Waals surface area contributed by atoms with Crippen molar-refractivity contribution in [2.45, 2.75) is 117 Å². The lowest BCUT2D eigenvalue weighted by atomic mass is 9.99. The van der Waals surface area contributed by atoms with E-state index in [4.69, 9.17) is 4.74 Å². The van der Waals surface area contributed by atoms with E-state index in [0.717, 1.165) is 51.4 Å². The predicted molar refractivity (Wildman–Crippen MR) is 165 cm³/mol. The first-order chi connectivity index (χ1) is 18.9. The van der Waals surface area contributed by atoms with Gasteiger partial charge in [0.25, 0.3) is 0 Å². The topological polar surface area (TPSA) is 108 Å². The van der Waals surface area contributed by atoms with E-state index in [0.29, 0.717) is 36.4 Å². The van der Waals surface area contributed by atoms with Crippen LogP contribution in [0.4, 0.5) is 4.79 Å². The van der Waals surface area contributed by atoms with Crippen LogP contribution < -0.4 is 10.6 Å². The van der Waals surface area contributed by atoms with Gasteiger partial charge in [0.15, 0.2) is 0 Å². The number of thioether (sulfide) groups is 1. The van der Waals surface area contributed by atoms with Gasteiger partial charge in [0.1, 0.15) is 23.4 Å². The maximum absolute atomic E-state index is 14.2. The molecule has 1 aromatic carbocycles. The highest BCUT2D eigenvalue weighted by Gasteiger charge is 2.36. The van der Waals surface area contributed by atoms with Crippen LogP contribution in [-0.2, 0) is 14.3 Å². The van der Waals surface area contributed by atoms with Crippen molar-refractivity contribution in [2.24, 2.45) is 0 Å². The molecule has 0 aliphatic rings. The smallest absolute Gasteiger partial charge is 0.408 e. The van der Waals surface area contributed by atoms with Crippen LogP contribution in [0.1, 0.15) is 110 Å². The fourth-order valence-corrected chi connectivity index (χ4v) is 4.87. The number of hydrogen-bond acceptors (Lipinski definition) is 6. The molecule has 0 saturated heterocycles. The van der Waals surface area contributed by atoms with Crippen molar-refractivity contribution in [3.05, 3.63) is 29.3 Å². The third-order valence-corrected chi connectivity index (χ3v) is 7.21. The number of unbranched alkanes of at least 4 members (excludes halogenated alkanes) is 6. The lowest BCUT2D eigenvalue weighted by molar-refractivity contribution is -0.142. The first kappa shape index (κ1) is 35.6. The van der Waals surface area contributed by atoms with Gasteiger partial charge < -0.3 is 25.4 Å². The number of hydrogen-bond donors (Lipinski definition) is 3. The lowest BCUT2D eigenvalue weighted by Crippen LogP contribution is -2.53. The molecular weight excluding hydrogens is 526 g/mol. The summed E-state index contributed by atoms with van der Waals surface area (Å²) in [5.74, 6) is 0.217. The molecule has 3 N–H and O–H groups in total. The number of rotatable bonds is 18. The molecule has 40 heavy (non-hydrogen) atoms. The Labute approximate surface area is 246 Å². The first-order valence-electron chi connectivity index (χ1n) is 14.8. The van der Waals surface area contributed by atoms with Gasteiger partial charge >= 0.3 is 6.09 Å². The van der Waals surface area contributed by atoms with Crippen LogP contribution in [-0.4, -0.2) is 64.7 Å². The third kappa shape index (κ3) is 13.3. The van der Waals surface area contributed by atoms with Crippen LogP contribution in [0.2, 0.25) is 0 Å². The Morgan fingerprint density at radius 1 is 1.02 bits per heavy atom. The number of nitrogens with zero attached hydrogens (tertiary/aromatic N) is 1. The summed E-state index contributed by atoms with van der Waals surface area (Å²) >= 11 is 1.59. The molecule has 1 aromatic rings. The molecule has 3 amide bonds. The average Bonchev–Trinajstić information content (AvgIpc) is 2.88. The molecule has 1 rings (SSSR count). The second kappa shape index (κ2) is 18.8. The number of benzene rings is 1. The van der Waals surface area contributed by atoms with E-state index in [2.05, 4.69) is 24.5 Å². The fourth-order valence-electron chi connectivity index (χ4n) is 4.40. The highest BCUT2D eigenvalue weighted by atomic mass is 32.2. The minimum absolute atomic E-state index is 0.132. The van der Waals surface area contributed by atoms with Crippen LogP contribution >= 0.6 is 11.8 Å². The molecule has 8 nitrogen and oxygen atoms in total. The molecule has 228 valence electrons. The molecule has 0 bridgehead atoms. The van der Waals surface area contributed by atoms with Gasteiger partial charge in [-0.2, -0.15) is 11.8 Å². The van der Waals surface area contributed by atoms with E-state index in [1.54, 1.807) is 62.6 Å². The summed E-state index contributed by atoms with van der Waals surface area (Å²) in [6, 6.07) is 3.30. The molecule has 0 spiro atoms. The summed E-state index contributed by atoms with van der Waals surface area (Å²) in [7, 11) is 0. The zero-order chi connectivity index (χ0) is 30.1. The Hall–Kier alpha value is -2.42. The minimum atomic E-state index is -0.892. The number of alkyl carbamates (subject to hydrolysis) is 1. The van der Waals surface area contributed by atoms with Crippen molar-refractivity contribution in [2.75, 3.05) is 25.1 Å². The van der Waals surface area contributed by atoms with Gasteiger partial charge in [-0.1, -0.05) is 58.4 Å². The van der Waals surface area contributed by atoms with Crippen LogP contribution in [0.25, 0.3) is 0 Å². The minimum Gasteiger partial charge on any atom is -0.508 e. The zero-order valence-electron chi connectivity index (χ0n) is 25.8. The number of aromatic hydroxyl groups is 1. The van der Waals surface area contributed by atoms with Crippen LogP contribution in [0.15, 0.2) is 18.2 Å². The normalized spacial score (nSPS) is 12.9. The molecule has 9 heteroatoms. The fraction of sp³-hybridized carbons (Fsp3) is 0.710. The first-order valence-corrected chi connectivity index (χ1v) is 16.2. The summed E-state index contributed by atoms with van der Waals surface area (Å²) in [5, 5.41) is 16.0. The second-order valence-corrected chi connectivity index (χ2v) is 12.4. The van der Waals surface area contributed by atoms with Crippen LogP contribution in [0, 0.1) is 6.92 Å². The van der Waals surface area contributed by atoms with Gasteiger partial charge in [-0.3, -0.25) is 9.59 Å². The number of ether oxygens (including phenoxy) is 1. The van der Waals surface area contributed by atoms with Gasteiger partial charge in [0.05, 0.1) is 0 Å². The largest absolute Gasteiger partial charge is 0.508 e. The molecule has 2 atom stereocenters. The van der Waals surface area contributed by atoms with Crippen LogP contribution in [0.3, 0.4) is 0 Å². The summed E-state index contributed by atoms with van der Waals surface area (Å²) in [5.41, 5.74) is 0.550. The molecule has 2 unspecified atom stereocenters. The second-order valence-electron chi connectivity index (χ2n) is 11.4. The quantitative estimate of drug-likeness (QED) is 0.172. The van der Waals surface area contributed by atoms with Gasteiger partial charge in [-0.05, 0) is 82.2 Å². The highest BCUT2D eigenvalue weighted by molar-refractivity contribution is 7.98. The maximum atomic E-state index is 14.2. The van der Waals surface area contributed by atoms with E-state index < -0.39 is 23.8 Å². The number of aryl methyl sites for hydroxylation is 1. The number of nitrogens with one attached hydrogen (secondary N) is 2. The van der Waals surface area contributed by atoms with Crippen molar-refractivity contribution >= 4 is 29.7 Å². The standard InChI is InChI=1S/C31H53N3O5S/c1-8-10-12-13-15-20-34(29(37)25(18-21-40-7)33-30(38)39-31(4,5)6)27(28(36)32-19-14-11-9-2)24-16-17-26(35)23(3)22-24/h16-17,22,25,27,35H,8-15,18-21H2,1-7H3,(H,32,36)(H,33,38). The molecule has 0 aliphatic heterocycles. The SMILES string of the molecule is CCCCCCCN(C(=O)C(CCSC)NC(=O)OC(C)(C)C)C(C(=O)NCCCCC)c1ccc(O)c(C)c1. The Kier molecular flexibility index (Phi) is 16.8. The van der Waals surface area contributed by atoms with Crippen molar-refractivity contribution in [1.82, 2.24) is 15.5 Å². The van der Waals surface area contributed by atoms with E-state index in [1.165, 1.54) is 0 Å². The summed E-state index contributed by atoms with van der Waals surface area (Å²) in [6.45, 7) is 12.3. The Bertz CT molecular complexity index is 919. The number of carbonyl (C=O) groups excluding carboxylic acids is 3. The van der Waals surface area contributed by atoms with Gasteiger partial charge in [-0.15, -0.1) is 0 Å². The number of amides is 3. The van der Waals surface area contributed by atoms with Crippen LogP contribution in [0.5, 0.6) is 5.75 Å². The molecular formula is C31H53N3O5S. The van der Waals surface area contributed by atoms with Crippen molar-refractivity contribution in [1.29, 1.82) is 0 Å². The average molecular weight is 580 g/mol. The monoisotopic (exact) mass is 579 g/mol. The van der Waals surface area contributed by atoms with Gasteiger partial charge in [-0.25, -0.2) is 4.79 Å². The number of phenolic OH excluding ortho intramolecular Hbond substituents is 1. The molecule has 0 fully saturated rings. The van der Waals surface area contributed by atoms with Crippen molar-refractivity contribution < 1.29 is 24.2 Å². The third-order valence-electron chi connectivity index (χ3n) is 6.56. The van der Waals surface area contributed by atoms with Gasteiger partial charge in [0.2, 0.25) is 11.8 Å². The molecule has 0 saturated carbocycles. The molecule has 0 radical (unpaired) electrons. The van der Waals surface area contributed by atoms with Crippen molar-refractivity contribution in [3.63, 3.8) is 0 Å². The lowest BCUT2D eigenvalue weighted by Gasteiger charge is -2.35. The Balaban J connectivity index is 3.45. The van der Waals surface area contributed by atoms with E-state index in [-0.39, 0.29) is 17.6 Å². The Morgan fingerprint density at radius 3 is 2.27 bits per heavy atom. The van der Waals surface area contributed by atoms with E-state index in [1.807, 2.05) is 6.26 Å². The van der Waals surface area contributed by atoms with E-state index in [9.17, 15) is 19.5 Å². The summed E-state index contributed by atoms with van der Waals surface area (Å²) in [4.78, 5) is 42.3. The summed E-state index contributed by atoms with van der Waals surface area (Å²) < 4.78 is 5.47. The highest BCUT2D eigenvalue weighted by Crippen LogP contribution is 2.28. The molecule has 0 heterocycles. The Morgan fingerprint density at radius 2 is 1.68 bits per heavy atom. The zero-order valence-corrected chi connectivity index (χ0v) is 26.6. The summed E-state index contributed by atoms with van der Waals surface area (Å²) in [6.07, 6.45) is 9.54. The number of phenols is 1.